The molecule has 0 radical (unpaired) electrons. The molecule has 0 bridgehead atoms. The number of carbonyl (C=O) groups excluding carboxylic acids is 4. The van der Waals surface area contributed by atoms with Gasteiger partial charge in [0.05, 0.1) is 23.7 Å². The van der Waals surface area contributed by atoms with Crippen LogP contribution in [0.15, 0.2) is 89.7 Å². The van der Waals surface area contributed by atoms with E-state index in [4.69, 9.17) is 0 Å². The normalized spacial score (nSPS) is 11.8. The zero-order valence-corrected chi connectivity index (χ0v) is 16.0. The molecule has 0 aliphatic heterocycles. The number of hydrogen-bond acceptors (Lipinski definition) is 9. The monoisotopic (exact) mass is 426 g/mol. The lowest BCUT2D eigenvalue weighted by Gasteiger charge is -2.14. The molecule has 0 amide bonds. The van der Waals surface area contributed by atoms with E-state index in [2.05, 4.69) is 13.9 Å². The summed E-state index contributed by atoms with van der Waals surface area (Å²) in [6, 6.07) is 18.5. The summed E-state index contributed by atoms with van der Waals surface area (Å²) in [5, 5.41) is 19.3. The van der Waals surface area contributed by atoms with Gasteiger partial charge in [0.15, 0.2) is 12.2 Å². The lowest BCUT2D eigenvalue weighted by Crippen LogP contribution is -2.43. The quantitative estimate of drug-likeness (QED) is 0.461. The molecule has 0 spiro atoms. The first-order valence-corrected chi connectivity index (χ1v) is 8.85. The van der Waals surface area contributed by atoms with Crippen molar-refractivity contribution in [2.75, 3.05) is 0 Å². The Kier molecular flexibility index (Phi) is 8.84. The average Bonchev–Trinajstić information content (AvgIpc) is 3.39. The predicted octanol–water partition coefficient (Wildman–Crippen LogP) is 1.75. The molecule has 0 aliphatic carbocycles. The third kappa shape index (κ3) is 7.35. The molecule has 2 N–H and O–H groups in total. The first-order chi connectivity index (χ1) is 14.9. The molecule has 3 rings (SSSR count). The van der Waals surface area contributed by atoms with Crippen molar-refractivity contribution < 1.29 is 43.3 Å². The van der Waals surface area contributed by atoms with Crippen molar-refractivity contribution in [1.29, 1.82) is 0 Å². The maximum atomic E-state index is 11.7. The van der Waals surface area contributed by atoms with E-state index in [-0.39, 0.29) is 11.1 Å². The van der Waals surface area contributed by atoms with Crippen molar-refractivity contribution in [1.82, 2.24) is 0 Å². The van der Waals surface area contributed by atoms with Crippen LogP contribution >= 0.6 is 0 Å². The Bertz CT molecular complexity index is 896. The summed E-state index contributed by atoms with van der Waals surface area (Å²) in [5.41, 5.74) is 0.0637. The summed E-state index contributed by atoms with van der Waals surface area (Å²) < 4.78 is 13.3. The molecule has 9 heteroatoms. The Morgan fingerprint density at radius 2 is 0.968 bits per heavy atom. The number of benzene rings is 2. The second-order valence-electron chi connectivity index (χ2n) is 5.83. The molecular formula is C22H18O9. The molecular weight excluding hydrogens is 408 g/mol. The highest BCUT2D eigenvalue weighted by Crippen LogP contribution is 2.07. The standard InChI is InChI=1S/C18H14O8.C4H4O/c19-13(17(23)25-15(21)11-7-3-1-4-8-11)14(20)18(24)26-16(22)12-9-5-2-6-10-12;1-2-4-5-3-1/h1-10,13-14,19-20H;1-4H. The fraction of sp³-hybridized carbons (Fsp3) is 0.0909. The zero-order chi connectivity index (χ0) is 22.6. The molecule has 2 atom stereocenters. The lowest BCUT2D eigenvalue weighted by atomic mass is 10.2. The van der Waals surface area contributed by atoms with E-state index in [1.54, 1.807) is 24.7 Å². The van der Waals surface area contributed by atoms with Gasteiger partial charge in [-0.05, 0) is 36.4 Å². The number of esters is 4. The fourth-order valence-electron chi connectivity index (χ4n) is 2.05. The van der Waals surface area contributed by atoms with E-state index < -0.39 is 36.1 Å². The summed E-state index contributed by atoms with van der Waals surface area (Å²) in [6.07, 6.45) is -1.56. The Morgan fingerprint density at radius 1 is 0.613 bits per heavy atom. The average molecular weight is 426 g/mol. The largest absolute Gasteiger partial charge is 0.473 e. The number of ether oxygens (including phenoxy) is 2. The van der Waals surface area contributed by atoms with Gasteiger partial charge in [0.1, 0.15) is 0 Å². The molecule has 0 saturated heterocycles. The number of aliphatic hydroxyl groups is 2. The Hall–Kier alpha value is -4.08. The van der Waals surface area contributed by atoms with E-state index in [1.165, 1.54) is 48.5 Å². The number of carbonyl (C=O) groups is 4. The van der Waals surface area contributed by atoms with Gasteiger partial charge in [0, 0.05) is 0 Å². The summed E-state index contributed by atoms with van der Waals surface area (Å²) in [5.74, 6) is -5.27. The van der Waals surface area contributed by atoms with E-state index >= 15 is 0 Å². The van der Waals surface area contributed by atoms with E-state index in [0.717, 1.165) is 0 Å². The Labute approximate surface area is 176 Å². The van der Waals surface area contributed by atoms with E-state index in [1.807, 2.05) is 12.1 Å². The molecule has 0 saturated carbocycles. The van der Waals surface area contributed by atoms with Crippen LogP contribution in [0.3, 0.4) is 0 Å². The second-order valence-corrected chi connectivity index (χ2v) is 5.83. The van der Waals surface area contributed by atoms with Crippen LogP contribution in [0.4, 0.5) is 0 Å². The van der Waals surface area contributed by atoms with Crippen LogP contribution in [-0.2, 0) is 19.1 Å². The van der Waals surface area contributed by atoms with Crippen LogP contribution in [-0.4, -0.2) is 46.3 Å². The zero-order valence-electron chi connectivity index (χ0n) is 16.0. The summed E-state index contributed by atoms with van der Waals surface area (Å²) in [4.78, 5) is 46.8. The van der Waals surface area contributed by atoms with Crippen molar-refractivity contribution in [3.05, 3.63) is 96.4 Å². The van der Waals surface area contributed by atoms with Gasteiger partial charge < -0.3 is 24.1 Å². The van der Waals surface area contributed by atoms with E-state index in [9.17, 15) is 29.4 Å². The van der Waals surface area contributed by atoms with Gasteiger partial charge in [0.2, 0.25) is 0 Å². The summed E-state index contributed by atoms with van der Waals surface area (Å²) in [7, 11) is 0. The van der Waals surface area contributed by atoms with Gasteiger partial charge in [-0.2, -0.15) is 0 Å². The first kappa shape index (κ1) is 23.2. The Balaban J connectivity index is 0.000000597. The van der Waals surface area contributed by atoms with Gasteiger partial charge in [-0.15, -0.1) is 0 Å². The highest BCUT2D eigenvalue weighted by molar-refractivity contribution is 6.01. The number of hydrogen-bond donors (Lipinski definition) is 2. The maximum Gasteiger partial charge on any atom is 0.346 e. The molecule has 2 unspecified atom stereocenters. The van der Waals surface area contributed by atoms with Gasteiger partial charge in [0.25, 0.3) is 0 Å². The SMILES string of the molecule is O=C(OC(=O)C(O)C(O)C(=O)OC(=O)c1ccccc1)c1ccccc1.c1ccoc1. The minimum atomic E-state index is -2.40. The molecule has 31 heavy (non-hydrogen) atoms. The Morgan fingerprint density at radius 3 is 1.26 bits per heavy atom. The summed E-state index contributed by atoms with van der Waals surface area (Å²) in [6.45, 7) is 0. The maximum absolute atomic E-state index is 11.7. The van der Waals surface area contributed by atoms with Gasteiger partial charge in [-0.25, -0.2) is 19.2 Å². The molecule has 0 aliphatic rings. The molecule has 0 fully saturated rings. The van der Waals surface area contributed by atoms with Crippen LogP contribution < -0.4 is 0 Å². The van der Waals surface area contributed by atoms with Gasteiger partial charge in [-0.1, -0.05) is 36.4 Å². The van der Waals surface area contributed by atoms with Crippen molar-refractivity contribution in [2.24, 2.45) is 0 Å². The van der Waals surface area contributed by atoms with Crippen LogP contribution in [0.2, 0.25) is 0 Å². The third-order valence-electron chi connectivity index (χ3n) is 3.61. The van der Waals surface area contributed by atoms with Gasteiger partial charge in [-0.3, -0.25) is 0 Å². The van der Waals surface area contributed by atoms with Crippen LogP contribution in [0, 0.1) is 0 Å². The highest BCUT2D eigenvalue weighted by atomic mass is 16.6. The number of aliphatic hydroxyl groups excluding tert-OH is 2. The van der Waals surface area contributed by atoms with Crippen LogP contribution in [0.25, 0.3) is 0 Å². The number of furan rings is 1. The predicted molar refractivity (Wildman–Crippen MR) is 104 cm³/mol. The molecule has 2 aromatic carbocycles. The molecule has 1 heterocycles. The second kappa shape index (κ2) is 11.8. The van der Waals surface area contributed by atoms with Crippen molar-refractivity contribution in [2.45, 2.75) is 12.2 Å². The first-order valence-electron chi connectivity index (χ1n) is 8.85. The molecule has 1 aromatic heterocycles. The summed E-state index contributed by atoms with van der Waals surface area (Å²) >= 11 is 0. The molecule has 3 aromatic rings. The van der Waals surface area contributed by atoms with Crippen molar-refractivity contribution in [3.63, 3.8) is 0 Å². The van der Waals surface area contributed by atoms with Crippen molar-refractivity contribution >= 4 is 23.9 Å². The number of rotatable bonds is 5. The van der Waals surface area contributed by atoms with Gasteiger partial charge >= 0.3 is 23.9 Å². The lowest BCUT2D eigenvalue weighted by molar-refractivity contribution is -0.166. The van der Waals surface area contributed by atoms with Crippen molar-refractivity contribution in [3.8, 4) is 0 Å². The fourth-order valence-corrected chi connectivity index (χ4v) is 2.05. The molecule has 160 valence electrons. The van der Waals surface area contributed by atoms with E-state index in [0.29, 0.717) is 0 Å². The minimum absolute atomic E-state index is 0.0318. The third-order valence-corrected chi connectivity index (χ3v) is 3.61. The topological polar surface area (TPSA) is 140 Å². The molecule has 9 nitrogen and oxygen atoms in total. The van der Waals surface area contributed by atoms with Crippen LogP contribution in [0.1, 0.15) is 20.7 Å². The smallest absolute Gasteiger partial charge is 0.346 e. The minimum Gasteiger partial charge on any atom is -0.473 e. The van der Waals surface area contributed by atoms with Crippen LogP contribution in [0.5, 0.6) is 0 Å². The highest BCUT2D eigenvalue weighted by Gasteiger charge is 2.35.